The van der Waals surface area contributed by atoms with Crippen molar-refractivity contribution in [1.82, 2.24) is 0 Å². The van der Waals surface area contributed by atoms with Crippen molar-refractivity contribution < 1.29 is 13.0 Å². The van der Waals surface area contributed by atoms with Gasteiger partial charge in [0, 0.05) is 5.39 Å². The first-order valence-electron chi connectivity index (χ1n) is 13.0. The Kier molecular flexibility index (Phi) is 12.3. The molecule has 3 nitrogen and oxygen atoms in total. The Balaban J connectivity index is 1.99. The van der Waals surface area contributed by atoms with Crippen LogP contribution < -0.4 is 0 Å². The average Bonchev–Trinajstić information content (AvgIpc) is 2.76. The minimum absolute atomic E-state index is 0.114. The van der Waals surface area contributed by atoms with Crippen molar-refractivity contribution in [3.8, 4) is 0 Å². The van der Waals surface area contributed by atoms with Crippen LogP contribution in [0, 0.1) is 0 Å². The lowest BCUT2D eigenvalue weighted by Gasteiger charge is -2.12. The molecule has 32 heavy (non-hydrogen) atoms. The average molecular weight is 461 g/mol. The summed E-state index contributed by atoms with van der Waals surface area (Å²) in [5.74, 6) is 0. The third-order valence-electron chi connectivity index (χ3n) is 6.49. The molecule has 0 unspecified atom stereocenters. The van der Waals surface area contributed by atoms with Crippen LogP contribution in [-0.2, 0) is 23.0 Å². The molecule has 4 heteroatoms. The van der Waals surface area contributed by atoms with Crippen LogP contribution in [0.4, 0.5) is 0 Å². The molecule has 0 aliphatic rings. The molecule has 2 rings (SSSR count). The third kappa shape index (κ3) is 9.23. The lowest BCUT2D eigenvalue weighted by Crippen LogP contribution is -2.05. The molecule has 0 heterocycles. The largest absolute Gasteiger partial charge is 0.295 e. The Bertz CT molecular complexity index is 902. The zero-order chi connectivity index (χ0) is 23.2. The highest BCUT2D eigenvalue weighted by atomic mass is 32.2. The van der Waals surface area contributed by atoms with Gasteiger partial charge in [-0.2, -0.15) is 8.42 Å². The zero-order valence-electron chi connectivity index (χ0n) is 20.4. The Morgan fingerprint density at radius 3 is 1.75 bits per heavy atom. The third-order valence-corrected chi connectivity index (χ3v) is 7.49. The van der Waals surface area contributed by atoms with Crippen LogP contribution in [0.1, 0.15) is 115 Å². The van der Waals surface area contributed by atoms with E-state index in [0.29, 0.717) is 11.8 Å². The molecule has 0 saturated heterocycles. The zero-order valence-corrected chi connectivity index (χ0v) is 21.2. The smallest absolute Gasteiger partial charge is 0.282 e. The van der Waals surface area contributed by atoms with Gasteiger partial charge in [0.25, 0.3) is 10.1 Å². The second-order valence-corrected chi connectivity index (χ2v) is 10.7. The van der Waals surface area contributed by atoms with Crippen molar-refractivity contribution >= 4 is 20.9 Å². The molecule has 0 bridgehead atoms. The van der Waals surface area contributed by atoms with Gasteiger partial charge >= 0.3 is 0 Å². The van der Waals surface area contributed by atoms with Gasteiger partial charge in [-0.15, -0.1) is 0 Å². The second-order valence-electron chi connectivity index (χ2n) is 9.33. The summed E-state index contributed by atoms with van der Waals surface area (Å²) in [5.41, 5.74) is 1.99. The van der Waals surface area contributed by atoms with Gasteiger partial charge in [-0.05, 0) is 42.2 Å². The van der Waals surface area contributed by atoms with Gasteiger partial charge in [0.15, 0.2) is 0 Å². The number of rotatable bonds is 17. The number of hydrogen-bond acceptors (Lipinski definition) is 2. The standard InChI is InChI=1S/C28H44O3S/c1-3-5-7-9-11-13-15-17-24-19-22-27-26(23-24)21-20-25(28(27)32(29,30)31)18-16-14-12-10-8-6-4-2/h19-23H,3-18H2,1-2H3,(H,29,30,31). The highest BCUT2D eigenvalue weighted by molar-refractivity contribution is 7.86. The van der Waals surface area contributed by atoms with E-state index >= 15 is 0 Å². The molecule has 0 aromatic heterocycles. The molecule has 0 fully saturated rings. The van der Waals surface area contributed by atoms with Crippen LogP contribution in [0.2, 0.25) is 0 Å². The van der Waals surface area contributed by atoms with E-state index in [1.54, 1.807) is 0 Å². The molecule has 0 aliphatic carbocycles. The summed E-state index contributed by atoms with van der Waals surface area (Å²) >= 11 is 0. The highest BCUT2D eigenvalue weighted by Gasteiger charge is 2.19. The van der Waals surface area contributed by atoms with Crippen molar-refractivity contribution in [2.24, 2.45) is 0 Å². The van der Waals surface area contributed by atoms with Crippen LogP contribution in [0.15, 0.2) is 35.2 Å². The Morgan fingerprint density at radius 2 is 1.19 bits per heavy atom. The van der Waals surface area contributed by atoms with Crippen molar-refractivity contribution in [3.05, 3.63) is 41.5 Å². The van der Waals surface area contributed by atoms with Crippen molar-refractivity contribution in [3.63, 3.8) is 0 Å². The fourth-order valence-corrected chi connectivity index (χ4v) is 5.58. The molecule has 0 spiro atoms. The number of fused-ring (bicyclic) bond motifs is 1. The fraction of sp³-hybridized carbons (Fsp3) is 0.643. The van der Waals surface area contributed by atoms with Crippen molar-refractivity contribution in [2.75, 3.05) is 0 Å². The Labute approximate surface area is 196 Å². The molecular weight excluding hydrogens is 416 g/mol. The molecule has 0 aliphatic heterocycles. The first-order chi connectivity index (χ1) is 15.5. The van der Waals surface area contributed by atoms with E-state index in [2.05, 4.69) is 19.9 Å². The number of hydrogen-bond donors (Lipinski definition) is 1. The van der Waals surface area contributed by atoms with Crippen LogP contribution in [0.3, 0.4) is 0 Å². The minimum Gasteiger partial charge on any atom is -0.282 e. The van der Waals surface area contributed by atoms with Crippen LogP contribution in [-0.4, -0.2) is 13.0 Å². The molecule has 2 aromatic rings. The Hall–Kier alpha value is -1.39. The molecule has 0 saturated carbocycles. The molecule has 180 valence electrons. The summed E-state index contributed by atoms with van der Waals surface area (Å²) < 4.78 is 34.4. The van der Waals surface area contributed by atoms with Crippen LogP contribution >= 0.6 is 0 Å². The summed E-state index contributed by atoms with van der Waals surface area (Å²) in [6, 6.07) is 9.95. The van der Waals surface area contributed by atoms with Crippen LogP contribution in [0.25, 0.3) is 10.8 Å². The first kappa shape index (κ1) is 26.9. The van der Waals surface area contributed by atoms with Gasteiger partial charge in [-0.3, -0.25) is 4.55 Å². The topological polar surface area (TPSA) is 54.4 Å². The lowest BCUT2D eigenvalue weighted by molar-refractivity contribution is 0.482. The van der Waals surface area contributed by atoms with Crippen molar-refractivity contribution in [2.45, 2.75) is 121 Å². The number of unbranched alkanes of at least 4 members (excludes halogenated alkanes) is 12. The Morgan fingerprint density at radius 1 is 0.656 bits per heavy atom. The van der Waals surface area contributed by atoms with Gasteiger partial charge in [0.05, 0.1) is 0 Å². The normalized spacial score (nSPS) is 12.0. The highest BCUT2D eigenvalue weighted by Crippen LogP contribution is 2.29. The van der Waals surface area contributed by atoms with E-state index in [-0.39, 0.29) is 4.90 Å². The van der Waals surface area contributed by atoms with Gasteiger partial charge in [0.1, 0.15) is 4.90 Å². The maximum absolute atomic E-state index is 12.2. The predicted molar refractivity (Wildman–Crippen MR) is 137 cm³/mol. The summed E-state index contributed by atoms with van der Waals surface area (Å²) in [4.78, 5) is 0.114. The van der Waals surface area contributed by atoms with E-state index in [9.17, 15) is 13.0 Å². The van der Waals surface area contributed by atoms with E-state index in [4.69, 9.17) is 0 Å². The summed E-state index contributed by atoms with van der Waals surface area (Å²) in [6.07, 6.45) is 19.0. The molecule has 1 N–H and O–H groups in total. The second kappa shape index (κ2) is 14.7. The van der Waals surface area contributed by atoms with Gasteiger partial charge in [-0.25, -0.2) is 0 Å². The van der Waals surface area contributed by atoms with Gasteiger partial charge < -0.3 is 0 Å². The quantitative estimate of drug-likeness (QED) is 0.190. The van der Waals surface area contributed by atoms with Crippen LogP contribution in [0.5, 0.6) is 0 Å². The van der Waals surface area contributed by atoms with Gasteiger partial charge in [-0.1, -0.05) is 121 Å². The summed E-state index contributed by atoms with van der Waals surface area (Å²) in [5, 5.41) is 1.55. The molecule has 0 atom stereocenters. The summed E-state index contributed by atoms with van der Waals surface area (Å²) in [6.45, 7) is 4.46. The summed E-state index contributed by atoms with van der Waals surface area (Å²) in [7, 11) is -4.26. The molecule has 0 radical (unpaired) electrons. The van der Waals surface area contributed by atoms with Gasteiger partial charge in [0.2, 0.25) is 0 Å². The monoisotopic (exact) mass is 460 g/mol. The number of benzene rings is 2. The fourth-order valence-electron chi connectivity index (χ4n) is 4.61. The molecule has 2 aromatic carbocycles. The van der Waals surface area contributed by atoms with Crippen molar-refractivity contribution in [1.29, 1.82) is 0 Å². The minimum atomic E-state index is -4.26. The predicted octanol–water partition coefficient (Wildman–Crippen LogP) is 8.67. The first-order valence-corrected chi connectivity index (χ1v) is 14.4. The maximum atomic E-state index is 12.2. The lowest BCUT2D eigenvalue weighted by atomic mass is 9.98. The SMILES string of the molecule is CCCCCCCCCc1ccc2c(S(=O)(=O)O)c(CCCCCCCCC)ccc2c1. The molecular formula is C28H44O3S. The van der Waals surface area contributed by atoms with E-state index in [1.807, 2.05) is 24.3 Å². The van der Waals surface area contributed by atoms with E-state index in [1.165, 1.54) is 82.6 Å². The van der Waals surface area contributed by atoms with E-state index in [0.717, 1.165) is 30.2 Å². The van der Waals surface area contributed by atoms with E-state index < -0.39 is 10.1 Å². The maximum Gasteiger partial charge on any atom is 0.295 e. The molecule has 0 amide bonds. The number of aryl methyl sites for hydroxylation is 2.